The molecule has 0 saturated carbocycles. The average Bonchev–Trinajstić information content (AvgIpc) is 2.56. The lowest BCUT2D eigenvalue weighted by Crippen LogP contribution is -2.39. The van der Waals surface area contributed by atoms with Gasteiger partial charge in [-0.1, -0.05) is 32.0 Å². The SMILES string of the molecule is CC(=O)Nc1ccc(NC(=O)NC(C)Oc2ccccc2C(C)C)cc1. The molecular weight excluding hydrogens is 330 g/mol. The van der Waals surface area contributed by atoms with Crippen molar-refractivity contribution in [2.45, 2.75) is 39.8 Å². The van der Waals surface area contributed by atoms with Crippen molar-refractivity contribution in [2.24, 2.45) is 0 Å². The Labute approximate surface area is 153 Å². The monoisotopic (exact) mass is 355 g/mol. The lowest BCUT2D eigenvalue weighted by atomic mass is 10.0. The second-order valence-electron chi connectivity index (χ2n) is 6.31. The quantitative estimate of drug-likeness (QED) is 0.675. The van der Waals surface area contributed by atoms with Crippen molar-refractivity contribution in [2.75, 3.05) is 10.6 Å². The molecule has 0 fully saturated rings. The molecule has 0 aliphatic heterocycles. The first-order chi connectivity index (χ1) is 12.3. The van der Waals surface area contributed by atoms with E-state index in [0.29, 0.717) is 17.3 Å². The van der Waals surface area contributed by atoms with Crippen molar-refractivity contribution < 1.29 is 14.3 Å². The molecular formula is C20H25N3O3. The van der Waals surface area contributed by atoms with Gasteiger partial charge in [-0.3, -0.25) is 4.79 Å². The minimum atomic E-state index is -0.492. The number of para-hydroxylation sites is 1. The van der Waals surface area contributed by atoms with Gasteiger partial charge in [0.25, 0.3) is 0 Å². The molecule has 6 heteroatoms. The van der Waals surface area contributed by atoms with E-state index in [1.165, 1.54) is 6.92 Å². The van der Waals surface area contributed by atoms with Crippen LogP contribution in [0.4, 0.5) is 16.2 Å². The molecule has 0 heterocycles. The largest absolute Gasteiger partial charge is 0.471 e. The summed E-state index contributed by atoms with van der Waals surface area (Å²) in [5.41, 5.74) is 2.38. The maximum Gasteiger partial charge on any atom is 0.322 e. The van der Waals surface area contributed by atoms with Crippen LogP contribution in [0.5, 0.6) is 5.75 Å². The average molecular weight is 355 g/mol. The topological polar surface area (TPSA) is 79.5 Å². The molecule has 0 radical (unpaired) electrons. The van der Waals surface area contributed by atoms with Gasteiger partial charge in [-0.25, -0.2) is 4.79 Å². The highest BCUT2D eigenvalue weighted by Crippen LogP contribution is 2.26. The van der Waals surface area contributed by atoms with Gasteiger partial charge in [-0.2, -0.15) is 0 Å². The zero-order valence-electron chi connectivity index (χ0n) is 15.5. The Morgan fingerprint density at radius 2 is 1.46 bits per heavy atom. The smallest absolute Gasteiger partial charge is 0.322 e. The van der Waals surface area contributed by atoms with Crippen LogP contribution in [0.1, 0.15) is 39.2 Å². The van der Waals surface area contributed by atoms with Gasteiger partial charge in [0.2, 0.25) is 5.91 Å². The van der Waals surface area contributed by atoms with Gasteiger partial charge in [0.05, 0.1) is 0 Å². The van der Waals surface area contributed by atoms with Crippen molar-refractivity contribution in [1.29, 1.82) is 0 Å². The molecule has 2 aromatic carbocycles. The van der Waals surface area contributed by atoms with E-state index in [4.69, 9.17) is 4.74 Å². The molecule has 0 spiro atoms. The second-order valence-corrected chi connectivity index (χ2v) is 6.31. The summed E-state index contributed by atoms with van der Waals surface area (Å²) in [6.45, 7) is 7.41. The van der Waals surface area contributed by atoms with Crippen LogP contribution in [-0.2, 0) is 4.79 Å². The molecule has 2 rings (SSSR count). The van der Waals surface area contributed by atoms with Gasteiger partial charge < -0.3 is 20.7 Å². The van der Waals surface area contributed by atoms with Crippen molar-refractivity contribution in [3.05, 3.63) is 54.1 Å². The molecule has 26 heavy (non-hydrogen) atoms. The van der Waals surface area contributed by atoms with E-state index in [1.807, 2.05) is 24.3 Å². The van der Waals surface area contributed by atoms with Crippen molar-refractivity contribution in [3.8, 4) is 5.75 Å². The van der Waals surface area contributed by atoms with E-state index in [-0.39, 0.29) is 11.9 Å². The normalized spacial score (nSPS) is 11.6. The van der Waals surface area contributed by atoms with E-state index in [9.17, 15) is 9.59 Å². The molecule has 0 aliphatic rings. The van der Waals surface area contributed by atoms with Crippen LogP contribution in [0.3, 0.4) is 0 Å². The van der Waals surface area contributed by atoms with Crippen LogP contribution in [0, 0.1) is 0 Å². The first-order valence-electron chi connectivity index (χ1n) is 8.56. The highest BCUT2D eigenvalue weighted by molar-refractivity contribution is 5.91. The Hall–Kier alpha value is -3.02. The van der Waals surface area contributed by atoms with Gasteiger partial charge in [-0.05, 0) is 48.7 Å². The van der Waals surface area contributed by atoms with E-state index in [0.717, 1.165) is 11.3 Å². The summed E-state index contributed by atoms with van der Waals surface area (Å²) >= 11 is 0. The molecule has 3 N–H and O–H groups in total. The Bertz CT molecular complexity index is 757. The Kier molecular flexibility index (Phi) is 6.60. The Morgan fingerprint density at radius 1 is 0.885 bits per heavy atom. The number of anilines is 2. The van der Waals surface area contributed by atoms with Crippen molar-refractivity contribution in [3.63, 3.8) is 0 Å². The zero-order chi connectivity index (χ0) is 19.1. The number of benzene rings is 2. The Morgan fingerprint density at radius 3 is 2.04 bits per heavy atom. The van der Waals surface area contributed by atoms with Crippen LogP contribution in [0.15, 0.2) is 48.5 Å². The van der Waals surface area contributed by atoms with Crippen LogP contribution < -0.4 is 20.7 Å². The fraction of sp³-hybridized carbons (Fsp3) is 0.300. The van der Waals surface area contributed by atoms with Gasteiger partial charge in [0, 0.05) is 18.3 Å². The molecule has 0 bridgehead atoms. The lowest BCUT2D eigenvalue weighted by Gasteiger charge is -2.20. The van der Waals surface area contributed by atoms with E-state index < -0.39 is 6.23 Å². The number of carbonyl (C=O) groups is 2. The number of urea groups is 1. The molecule has 1 unspecified atom stereocenters. The van der Waals surface area contributed by atoms with Gasteiger partial charge in [0.15, 0.2) is 6.23 Å². The molecule has 0 aromatic heterocycles. The van der Waals surface area contributed by atoms with E-state index in [2.05, 4.69) is 29.8 Å². The highest BCUT2D eigenvalue weighted by Gasteiger charge is 2.12. The standard InChI is InChI=1S/C20H25N3O3/c1-13(2)18-7-5-6-8-19(18)26-15(4)22-20(25)23-17-11-9-16(10-12-17)21-14(3)24/h5-13,15H,1-4H3,(H,21,24)(H2,22,23,25). The summed E-state index contributed by atoms with van der Waals surface area (Å²) in [6, 6.07) is 14.3. The summed E-state index contributed by atoms with van der Waals surface area (Å²) < 4.78 is 5.86. The van der Waals surface area contributed by atoms with Crippen molar-refractivity contribution in [1.82, 2.24) is 5.32 Å². The fourth-order valence-electron chi connectivity index (χ4n) is 2.48. The maximum atomic E-state index is 12.1. The minimum absolute atomic E-state index is 0.142. The number of amides is 3. The molecule has 3 amide bonds. The fourth-order valence-corrected chi connectivity index (χ4v) is 2.48. The highest BCUT2D eigenvalue weighted by atomic mass is 16.5. The predicted molar refractivity (Wildman–Crippen MR) is 104 cm³/mol. The minimum Gasteiger partial charge on any atom is -0.471 e. The third kappa shape index (κ3) is 5.81. The Balaban J connectivity index is 1.90. The first-order valence-corrected chi connectivity index (χ1v) is 8.56. The molecule has 0 saturated heterocycles. The third-order valence-electron chi connectivity index (χ3n) is 3.64. The molecule has 2 aromatic rings. The molecule has 0 aliphatic carbocycles. The number of hydrogen-bond acceptors (Lipinski definition) is 3. The molecule has 138 valence electrons. The second kappa shape index (κ2) is 8.89. The van der Waals surface area contributed by atoms with E-state index in [1.54, 1.807) is 31.2 Å². The zero-order valence-corrected chi connectivity index (χ0v) is 15.5. The van der Waals surface area contributed by atoms with Crippen LogP contribution in [-0.4, -0.2) is 18.2 Å². The van der Waals surface area contributed by atoms with Crippen LogP contribution in [0.25, 0.3) is 0 Å². The summed E-state index contributed by atoms with van der Waals surface area (Å²) in [5, 5.41) is 8.15. The predicted octanol–water partition coefficient (Wildman–Crippen LogP) is 4.31. The molecule has 1 atom stereocenters. The maximum absolute atomic E-state index is 12.1. The van der Waals surface area contributed by atoms with Gasteiger partial charge in [0.1, 0.15) is 5.75 Å². The number of ether oxygens (including phenoxy) is 1. The summed E-state index contributed by atoms with van der Waals surface area (Å²) in [6.07, 6.45) is -0.492. The number of carbonyl (C=O) groups excluding carboxylic acids is 2. The molecule has 6 nitrogen and oxygen atoms in total. The summed E-state index contributed by atoms with van der Waals surface area (Å²) in [4.78, 5) is 23.1. The number of rotatable bonds is 6. The van der Waals surface area contributed by atoms with Gasteiger partial charge in [-0.15, -0.1) is 0 Å². The number of nitrogens with one attached hydrogen (secondary N) is 3. The van der Waals surface area contributed by atoms with Crippen LogP contribution in [0.2, 0.25) is 0 Å². The van der Waals surface area contributed by atoms with Crippen LogP contribution >= 0.6 is 0 Å². The lowest BCUT2D eigenvalue weighted by molar-refractivity contribution is -0.114. The summed E-state index contributed by atoms with van der Waals surface area (Å²) in [5.74, 6) is 0.945. The van der Waals surface area contributed by atoms with Gasteiger partial charge >= 0.3 is 6.03 Å². The third-order valence-corrected chi connectivity index (χ3v) is 3.64. The van der Waals surface area contributed by atoms with Crippen molar-refractivity contribution >= 4 is 23.3 Å². The van der Waals surface area contributed by atoms with E-state index >= 15 is 0 Å². The summed E-state index contributed by atoms with van der Waals surface area (Å²) in [7, 11) is 0. The number of hydrogen-bond donors (Lipinski definition) is 3. The first kappa shape index (κ1) is 19.3.